The fourth-order valence-corrected chi connectivity index (χ4v) is 6.07. The van der Waals surface area contributed by atoms with E-state index in [-0.39, 0.29) is 23.4 Å². The van der Waals surface area contributed by atoms with Crippen LogP contribution in [0.25, 0.3) is 0 Å². The average Bonchev–Trinajstić information content (AvgIpc) is 3.05. The number of benzene rings is 1. The van der Waals surface area contributed by atoms with Gasteiger partial charge in [0.1, 0.15) is 6.17 Å². The van der Waals surface area contributed by atoms with E-state index in [9.17, 15) is 4.79 Å². The van der Waals surface area contributed by atoms with Gasteiger partial charge in [0.25, 0.3) is 0 Å². The highest BCUT2D eigenvalue weighted by Crippen LogP contribution is 2.51. The summed E-state index contributed by atoms with van der Waals surface area (Å²) < 4.78 is 11.5. The lowest BCUT2D eigenvalue weighted by molar-refractivity contribution is -0.127. The number of fused-ring (bicyclic) bond motifs is 2. The molecule has 1 fully saturated rings. The van der Waals surface area contributed by atoms with E-state index >= 15 is 0 Å². The van der Waals surface area contributed by atoms with Gasteiger partial charge in [-0.15, -0.1) is 11.8 Å². The predicted molar refractivity (Wildman–Crippen MR) is 117 cm³/mol. The van der Waals surface area contributed by atoms with Crippen LogP contribution < -0.4 is 20.1 Å². The first-order valence-electron chi connectivity index (χ1n) is 10.7. The van der Waals surface area contributed by atoms with E-state index in [4.69, 9.17) is 9.47 Å². The van der Waals surface area contributed by atoms with E-state index in [1.165, 1.54) is 16.9 Å². The zero-order valence-electron chi connectivity index (χ0n) is 17.8. The van der Waals surface area contributed by atoms with E-state index in [2.05, 4.69) is 31.4 Å². The molecule has 0 spiro atoms. The number of nitrogens with one attached hydrogen (secondary N) is 2. The second kappa shape index (κ2) is 8.60. The minimum Gasteiger partial charge on any atom is -0.493 e. The molecule has 2 N–H and O–H groups in total. The second-order valence-electron chi connectivity index (χ2n) is 8.86. The number of allylic oxidation sites excluding steroid dienone is 1. The van der Waals surface area contributed by atoms with Crippen LogP contribution in [0.1, 0.15) is 58.2 Å². The fraction of sp³-hybridized carbons (Fsp3) is 0.609. The first-order chi connectivity index (χ1) is 14.0. The lowest BCUT2D eigenvalue weighted by Gasteiger charge is -2.35. The lowest BCUT2D eigenvalue weighted by atomic mass is 9.83. The Kier molecular flexibility index (Phi) is 6.11. The third kappa shape index (κ3) is 4.29. The molecule has 1 amide bonds. The molecule has 4 unspecified atom stereocenters. The van der Waals surface area contributed by atoms with Crippen LogP contribution in [-0.2, 0) is 4.79 Å². The fourth-order valence-electron chi connectivity index (χ4n) is 4.38. The molecule has 0 bridgehead atoms. The Balaban J connectivity index is 1.47. The number of methoxy groups -OCH3 is 1. The van der Waals surface area contributed by atoms with Gasteiger partial charge in [-0.3, -0.25) is 10.1 Å². The van der Waals surface area contributed by atoms with Gasteiger partial charge in [-0.25, -0.2) is 0 Å². The van der Waals surface area contributed by atoms with Gasteiger partial charge in [0, 0.05) is 0 Å². The van der Waals surface area contributed by atoms with Crippen LogP contribution in [0.5, 0.6) is 11.5 Å². The molecule has 0 aromatic heterocycles. The number of hydrogen-bond acceptors (Lipinski definition) is 5. The number of carbonyl (C=O) groups is 1. The maximum Gasteiger partial charge on any atom is 0.231 e. The van der Waals surface area contributed by atoms with Gasteiger partial charge in [0.2, 0.25) is 5.91 Å². The smallest absolute Gasteiger partial charge is 0.231 e. The predicted octanol–water partition coefficient (Wildman–Crippen LogP) is 4.60. The van der Waals surface area contributed by atoms with E-state index in [0.717, 1.165) is 30.6 Å². The van der Waals surface area contributed by atoms with Crippen molar-refractivity contribution in [3.8, 4) is 11.5 Å². The molecule has 1 aliphatic carbocycles. The van der Waals surface area contributed by atoms with Crippen molar-refractivity contribution >= 4 is 17.7 Å². The maximum atomic E-state index is 13.0. The van der Waals surface area contributed by atoms with E-state index in [1.54, 1.807) is 7.11 Å². The molecule has 2 heterocycles. The van der Waals surface area contributed by atoms with Crippen molar-refractivity contribution in [3.63, 3.8) is 0 Å². The van der Waals surface area contributed by atoms with Crippen molar-refractivity contribution in [1.82, 2.24) is 10.6 Å². The molecule has 29 heavy (non-hydrogen) atoms. The number of rotatable bonds is 6. The van der Waals surface area contributed by atoms with Crippen molar-refractivity contribution < 1.29 is 14.3 Å². The molecular weight excluding hydrogens is 384 g/mol. The normalized spacial score (nSPS) is 28.8. The molecule has 1 aromatic carbocycles. The summed E-state index contributed by atoms with van der Waals surface area (Å²) in [5, 5.41) is 6.96. The third-order valence-electron chi connectivity index (χ3n) is 6.12. The van der Waals surface area contributed by atoms with Crippen molar-refractivity contribution in [1.29, 1.82) is 0 Å². The third-order valence-corrected chi connectivity index (χ3v) is 7.50. The van der Waals surface area contributed by atoms with Gasteiger partial charge in [0.15, 0.2) is 11.5 Å². The minimum absolute atomic E-state index is 0.0284. The Labute approximate surface area is 178 Å². The van der Waals surface area contributed by atoms with E-state index < -0.39 is 0 Å². The van der Waals surface area contributed by atoms with Crippen LogP contribution in [0.2, 0.25) is 0 Å². The molecule has 6 heteroatoms. The quantitative estimate of drug-likeness (QED) is 0.710. The molecule has 4 rings (SSSR count). The molecule has 0 saturated carbocycles. The molecule has 2 aliphatic heterocycles. The van der Waals surface area contributed by atoms with Gasteiger partial charge in [-0.05, 0) is 65.7 Å². The summed E-state index contributed by atoms with van der Waals surface area (Å²) in [4.78, 5) is 14.4. The first kappa shape index (κ1) is 20.6. The molecule has 4 atom stereocenters. The Morgan fingerprint density at radius 2 is 2.10 bits per heavy atom. The SMILES string of the molecule is COc1cc(C2NC(=O)C3C4=C(CC(C)CC4)SC3N2)ccc1OCCC(C)C. The van der Waals surface area contributed by atoms with E-state index in [1.807, 2.05) is 30.0 Å². The molecule has 1 saturated heterocycles. The highest BCUT2D eigenvalue weighted by molar-refractivity contribution is 8.04. The highest BCUT2D eigenvalue weighted by Gasteiger charge is 2.46. The van der Waals surface area contributed by atoms with Crippen LogP contribution in [0, 0.1) is 17.8 Å². The monoisotopic (exact) mass is 416 g/mol. The molecule has 158 valence electrons. The Morgan fingerprint density at radius 3 is 2.86 bits per heavy atom. The summed E-state index contributed by atoms with van der Waals surface area (Å²) in [6, 6.07) is 5.93. The van der Waals surface area contributed by atoms with Crippen LogP contribution in [-0.4, -0.2) is 25.0 Å². The summed E-state index contributed by atoms with van der Waals surface area (Å²) in [5.41, 5.74) is 2.36. The number of thioether (sulfide) groups is 1. The summed E-state index contributed by atoms with van der Waals surface area (Å²) in [6.07, 6.45) is 4.15. The molecule has 3 aliphatic rings. The average molecular weight is 417 g/mol. The zero-order valence-corrected chi connectivity index (χ0v) is 18.6. The van der Waals surface area contributed by atoms with Crippen molar-refractivity contribution in [2.75, 3.05) is 13.7 Å². The summed E-state index contributed by atoms with van der Waals surface area (Å²) >= 11 is 1.86. The molecule has 0 radical (unpaired) electrons. The maximum absolute atomic E-state index is 13.0. The highest BCUT2D eigenvalue weighted by atomic mass is 32.2. The van der Waals surface area contributed by atoms with Gasteiger partial charge in [-0.2, -0.15) is 0 Å². The van der Waals surface area contributed by atoms with E-state index in [0.29, 0.717) is 24.2 Å². The summed E-state index contributed by atoms with van der Waals surface area (Å²) in [6.45, 7) is 7.34. The van der Waals surface area contributed by atoms with Gasteiger partial charge >= 0.3 is 0 Å². The Bertz CT molecular complexity index is 807. The number of ether oxygens (including phenoxy) is 2. The van der Waals surface area contributed by atoms with Crippen LogP contribution >= 0.6 is 11.8 Å². The van der Waals surface area contributed by atoms with Crippen molar-refractivity contribution in [3.05, 3.63) is 34.2 Å². The Hall–Kier alpha value is -1.66. The van der Waals surface area contributed by atoms with Gasteiger partial charge < -0.3 is 14.8 Å². The first-order valence-corrected chi connectivity index (χ1v) is 11.6. The van der Waals surface area contributed by atoms with Gasteiger partial charge in [-0.1, -0.05) is 26.8 Å². The topological polar surface area (TPSA) is 59.6 Å². The number of amides is 1. The number of hydrogen-bond donors (Lipinski definition) is 2. The zero-order chi connectivity index (χ0) is 20.5. The molecule has 5 nitrogen and oxygen atoms in total. The van der Waals surface area contributed by atoms with Crippen LogP contribution in [0.4, 0.5) is 0 Å². The summed E-state index contributed by atoms with van der Waals surface area (Å²) in [5.74, 6) is 2.88. The van der Waals surface area contributed by atoms with Crippen molar-refractivity contribution in [2.45, 2.75) is 58.0 Å². The minimum atomic E-state index is -0.214. The van der Waals surface area contributed by atoms with Crippen LogP contribution in [0.15, 0.2) is 28.7 Å². The number of carbonyl (C=O) groups excluding carboxylic acids is 1. The summed E-state index contributed by atoms with van der Waals surface area (Å²) in [7, 11) is 1.66. The van der Waals surface area contributed by atoms with Crippen molar-refractivity contribution in [2.24, 2.45) is 17.8 Å². The largest absolute Gasteiger partial charge is 0.493 e. The van der Waals surface area contributed by atoms with Gasteiger partial charge in [0.05, 0.1) is 25.0 Å². The Morgan fingerprint density at radius 1 is 1.28 bits per heavy atom. The second-order valence-corrected chi connectivity index (χ2v) is 10.1. The molecular formula is C23H32N2O3S. The van der Waals surface area contributed by atoms with Crippen LogP contribution in [0.3, 0.4) is 0 Å². The lowest BCUT2D eigenvalue weighted by Crippen LogP contribution is -2.54. The standard InChI is InChI=1S/C23H32N2O3S/c1-13(2)9-10-28-17-8-6-15(12-18(17)27-4)21-24-22(26)20-16-7-5-14(3)11-19(16)29-23(20)25-21/h6,8,12-14,20-21,23,25H,5,7,9-11H2,1-4H3,(H,24,26). The molecule has 1 aromatic rings.